The van der Waals surface area contributed by atoms with Gasteiger partial charge >= 0.3 is 0 Å². The molecule has 1 amide bonds. The predicted octanol–water partition coefficient (Wildman–Crippen LogP) is 2.45. The number of carbonyl (C=O) groups excluding carboxylic acids is 1. The molecule has 1 aromatic rings. The van der Waals surface area contributed by atoms with E-state index in [1.807, 2.05) is 6.92 Å². The van der Waals surface area contributed by atoms with E-state index in [4.69, 9.17) is 0 Å². The van der Waals surface area contributed by atoms with Crippen molar-refractivity contribution in [1.82, 2.24) is 4.72 Å². The van der Waals surface area contributed by atoms with Gasteiger partial charge in [0.2, 0.25) is 15.9 Å². The predicted molar refractivity (Wildman–Crippen MR) is 87.5 cm³/mol. The second kappa shape index (κ2) is 6.79. The molecule has 0 spiro atoms. The zero-order valence-corrected chi connectivity index (χ0v) is 14.2. The first-order valence-corrected chi connectivity index (χ1v) is 9.27. The first kappa shape index (κ1) is 17.0. The molecule has 1 aromatic carbocycles. The normalized spacial score (nSPS) is 17.6. The van der Waals surface area contributed by atoms with Crippen molar-refractivity contribution in [2.75, 3.05) is 11.4 Å². The summed E-state index contributed by atoms with van der Waals surface area (Å²) < 4.78 is 27.2. The number of nitrogens with zero attached hydrogens (tertiary/aromatic N) is 1. The lowest BCUT2D eigenvalue weighted by Gasteiger charge is -2.20. The lowest BCUT2D eigenvalue weighted by molar-refractivity contribution is -0.116. The lowest BCUT2D eigenvalue weighted by Crippen LogP contribution is -2.33. The summed E-state index contributed by atoms with van der Waals surface area (Å²) in [5, 5.41) is 0. The number of carbonyl (C=O) groups is 1. The highest BCUT2D eigenvalue weighted by atomic mass is 32.2. The van der Waals surface area contributed by atoms with E-state index < -0.39 is 10.0 Å². The number of anilines is 1. The molecule has 0 fully saturated rings. The Labute approximate surface area is 132 Å². The van der Waals surface area contributed by atoms with Crippen molar-refractivity contribution in [3.8, 4) is 0 Å². The summed E-state index contributed by atoms with van der Waals surface area (Å²) in [4.78, 5) is 13.7. The number of benzene rings is 1. The Balaban J connectivity index is 2.19. The molecule has 2 rings (SSSR count). The molecule has 0 saturated carbocycles. The molecule has 5 nitrogen and oxygen atoms in total. The first-order valence-electron chi connectivity index (χ1n) is 7.79. The van der Waals surface area contributed by atoms with Crippen LogP contribution in [0.25, 0.3) is 0 Å². The van der Waals surface area contributed by atoms with Gasteiger partial charge in [-0.1, -0.05) is 19.8 Å². The summed E-state index contributed by atoms with van der Waals surface area (Å²) >= 11 is 0. The number of hydrogen-bond acceptors (Lipinski definition) is 3. The lowest BCUT2D eigenvalue weighted by atomic mass is 10.1. The van der Waals surface area contributed by atoms with Crippen LogP contribution in [0.4, 0.5) is 5.69 Å². The average Bonchev–Trinajstić information content (AvgIpc) is 2.78. The van der Waals surface area contributed by atoms with Crippen molar-refractivity contribution in [2.45, 2.75) is 57.4 Å². The minimum absolute atomic E-state index is 0.0143. The third-order valence-electron chi connectivity index (χ3n) is 3.99. The molecular formula is C16H24N2O3S. The van der Waals surface area contributed by atoms with E-state index in [-0.39, 0.29) is 16.8 Å². The van der Waals surface area contributed by atoms with Crippen LogP contribution in [0.5, 0.6) is 0 Å². The van der Waals surface area contributed by atoms with E-state index in [0.29, 0.717) is 13.0 Å². The highest BCUT2D eigenvalue weighted by Gasteiger charge is 2.30. The van der Waals surface area contributed by atoms with Gasteiger partial charge in [-0.05, 0) is 43.5 Å². The van der Waals surface area contributed by atoms with Crippen LogP contribution >= 0.6 is 0 Å². The Kier molecular flexibility index (Phi) is 5.24. The van der Waals surface area contributed by atoms with Gasteiger partial charge in [0.15, 0.2) is 0 Å². The molecule has 22 heavy (non-hydrogen) atoms. The maximum absolute atomic E-state index is 12.3. The molecule has 1 unspecified atom stereocenters. The number of sulfonamides is 1. The highest BCUT2D eigenvalue weighted by molar-refractivity contribution is 7.89. The topological polar surface area (TPSA) is 66.5 Å². The number of unbranched alkanes of at least 4 members (excludes halogenated alkanes) is 2. The van der Waals surface area contributed by atoms with Gasteiger partial charge < -0.3 is 4.90 Å². The number of fused-ring (bicyclic) bond motifs is 1. The molecule has 1 aliphatic heterocycles. The van der Waals surface area contributed by atoms with Crippen molar-refractivity contribution in [3.05, 3.63) is 23.8 Å². The molecule has 1 aliphatic rings. The van der Waals surface area contributed by atoms with Crippen LogP contribution in [-0.2, 0) is 21.2 Å². The molecule has 1 heterocycles. The highest BCUT2D eigenvalue weighted by Crippen LogP contribution is 2.33. The summed E-state index contributed by atoms with van der Waals surface area (Å²) in [7, 11) is -3.47. The second-order valence-corrected chi connectivity index (χ2v) is 7.60. The molecule has 6 heteroatoms. The van der Waals surface area contributed by atoms with Gasteiger partial charge in [0.05, 0.1) is 4.90 Å². The van der Waals surface area contributed by atoms with Crippen molar-refractivity contribution >= 4 is 21.6 Å². The van der Waals surface area contributed by atoms with Crippen molar-refractivity contribution in [3.63, 3.8) is 0 Å². The number of amides is 1. The molecule has 0 aromatic heterocycles. The van der Waals surface area contributed by atoms with Crippen LogP contribution in [0.1, 0.15) is 45.6 Å². The number of nitrogens with one attached hydrogen (secondary N) is 1. The third kappa shape index (κ3) is 3.50. The molecule has 1 atom stereocenters. The van der Waals surface area contributed by atoms with Crippen molar-refractivity contribution in [2.24, 2.45) is 0 Å². The Morgan fingerprint density at radius 1 is 1.36 bits per heavy atom. The fourth-order valence-corrected chi connectivity index (χ4v) is 4.04. The average molecular weight is 324 g/mol. The monoisotopic (exact) mass is 324 g/mol. The summed E-state index contributed by atoms with van der Waals surface area (Å²) in [6, 6.07) is 5.08. The van der Waals surface area contributed by atoms with Crippen LogP contribution in [-0.4, -0.2) is 26.9 Å². The van der Waals surface area contributed by atoms with Crippen molar-refractivity contribution < 1.29 is 13.2 Å². The molecule has 0 bridgehead atoms. The maximum Gasteiger partial charge on any atom is 0.240 e. The fraction of sp³-hybridized carbons (Fsp3) is 0.562. The molecule has 1 N–H and O–H groups in total. The molecule has 0 aliphatic carbocycles. The third-order valence-corrected chi connectivity index (χ3v) is 5.45. The standard InChI is InChI=1S/C16H24N2O3S/c1-4-5-6-9-17-22(20,21)15-7-8-16-14(11-15)10-12(2)18(16)13(3)19/h7-8,11-12,17H,4-6,9-10H2,1-3H3. The maximum atomic E-state index is 12.3. The SMILES string of the molecule is CCCCCNS(=O)(=O)c1ccc2c(c1)CC(C)N2C(C)=O. The molecule has 0 saturated heterocycles. The first-order chi connectivity index (χ1) is 10.4. The van der Waals surface area contributed by atoms with E-state index in [0.717, 1.165) is 30.5 Å². The minimum atomic E-state index is -3.47. The van der Waals surface area contributed by atoms with Gasteiger partial charge in [-0.2, -0.15) is 0 Å². The van der Waals surface area contributed by atoms with E-state index in [1.54, 1.807) is 23.1 Å². The smallest absolute Gasteiger partial charge is 0.240 e. The Hall–Kier alpha value is -1.40. The summed E-state index contributed by atoms with van der Waals surface area (Å²) in [6.07, 6.45) is 3.60. The summed E-state index contributed by atoms with van der Waals surface area (Å²) in [5.74, 6) is -0.0143. The molecular weight excluding hydrogens is 300 g/mol. The van der Waals surface area contributed by atoms with Gasteiger partial charge in [0, 0.05) is 25.2 Å². The molecule has 0 radical (unpaired) electrons. The van der Waals surface area contributed by atoms with Crippen LogP contribution in [0.2, 0.25) is 0 Å². The Morgan fingerprint density at radius 2 is 2.09 bits per heavy atom. The quantitative estimate of drug-likeness (QED) is 0.817. The Morgan fingerprint density at radius 3 is 2.73 bits per heavy atom. The van der Waals surface area contributed by atoms with Gasteiger partial charge in [-0.25, -0.2) is 13.1 Å². The summed E-state index contributed by atoms with van der Waals surface area (Å²) in [5.41, 5.74) is 1.74. The van der Waals surface area contributed by atoms with E-state index in [9.17, 15) is 13.2 Å². The van der Waals surface area contributed by atoms with Gasteiger partial charge in [0.25, 0.3) is 0 Å². The van der Waals surface area contributed by atoms with Crippen LogP contribution < -0.4 is 9.62 Å². The van der Waals surface area contributed by atoms with E-state index in [2.05, 4.69) is 11.6 Å². The van der Waals surface area contributed by atoms with Crippen LogP contribution in [0, 0.1) is 0 Å². The van der Waals surface area contributed by atoms with Gasteiger partial charge in [0.1, 0.15) is 0 Å². The molecule has 122 valence electrons. The number of hydrogen-bond donors (Lipinski definition) is 1. The summed E-state index contributed by atoms with van der Waals surface area (Å²) in [6.45, 7) is 6.05. The van der Waals surface area contributed by atoms with Crippen molar-refractivity contribution in [1.29, 1.82) is 0 Å². The zero-order chi connectivity index (χ0) is 16.3. The fourth-order valence-electron chi connectivity index (χ4n) is 2.92. The minimum Gasteiger partial charge on any atom is -0.309 e. The number of rotatable bonds is 6. The zero-order valence-electron chi connectivity index (χ0n) is 13.4. The largest absolute Gasteiger partial charge is 0.309 e. The van der Waals surface area contributed by atoms with Crippen LogP contribution in [0.3, 0.4) is 0 Å². The van der Waals surface area contributed by atoms with Crippen LogP contribution in [0.15, 0.2) is 23.1 Å². The Bertz CT molecular complexity index is 655. The van der Waals surface area contributed by atoms with E-state index in [1.165, 1.54) is 6.92 Å². The van der Waals surface area contributed by atoms with Gasteiger partial charge in [-0.15, -0.1) is 0 Å². The van der Waals surface area contributed by atoms with E-state index >= 15 is 0 Å². The van der Waals surface area contributed by atoms with Gasteiger partial charge in [-0.3, -0.25) is 4.79 Å². The second-order valence-electron chi connectivity index (χ2n) is 5.84.